The molecule has 1 aromatic rings. The lowest BCUT2D eigenvalue weighted by atomic mass is 9.89. The number of allylic oxidation sites excluding steroid dienone is 7. The molecule has 2 heterocycles. The van der Waals surface area contributed by atoms with E-state index in [9.17, 15) is 4.39 Å². The van der Waals surface area contributed by atoms with Gasteiger partial charge in [-0.3, -0.25) is 9.29 Å². The highest BCUT2D eigenvalue weighted by molar-refractivity contribution is 5.75. The summed E-state index contributed by atoms with van der Waals surface area (Å²) in [6, 6.07) is 9.24. The fraction of sp³-hybridized carbons (Fsp3) is 0.562. The lowest BCUT2D eigenvalue weighted by Gasteiger charge is -2.29. The number of ether oxygens (including phenoxy) is 2. The van der Waals surface area contributed by atoms with Crippen LogP contribution in [0, 0.1) is 5.92 Å². The summed E-state index contributed by atoms with van der Waals surface area (Å²) < 4.78 is 24.5. The maximum absolute atomic E-state index is 12.5. The van der Waals surface area contributed by atoms with E-state index >= 15 is 0 Å². The molecule has 1 aromatic carbocycles. The standard InChI is InChI=1S/C32H43FN2O2/c1-25-5-2-8-31(27-9-12-28(13-10-27)35-19-21-36-22-20-35)32(23-25)26-6-3-7-29(14-11-26)37-30-15-18-34(24-30)17-4-16-33/h3,6,9-14,25,30H,2,4-5,7-8,15-24H2,1H3/t25?,30-/m0/s1. The van der Waals surface area contributed by atoms with Crippen molar-refractivity contribution in [2.45, 2.75) is 58.0 Å². The van der Waals surface area contributed by atoms with Crippen LogP contribution in [0.25, 0.3) is 5.57 Å². The molecule has 2 fully saturated rings. The van der Waals surface area contributed by atoms with E-state index in [1.165, 1.54) is 40.8 Å². The lowest BCUT2D eigenvalue weighted by molar-refractivity contribution is 0.117. The highest BCUT2D eigenvalue weighted by Gasteiger charge is 2.25. The van der Waals surface area contributed by atoms with E-state index in [1.807, 2.05) is 0 Å². The second-order valence-electron chi connectivity index (χ2n) is 11.0. The summed E-state index contributed by atoms with van der Waals surface area (Å²) in [7, 11) is 0. The molecule has 37 heavy (non-hydrogen) atoms. The van der Waals surface area contributed by atoms with Crippen LogP contribution in [0.3, 0.4) is 0 Å². The van der Waals surface area contributed by atoms with Crippen molar-refractivity contribution in [1.82, 2.24) is 4.90 Å². The first kappa shape index (κ1) is 26.2. The molecule has 0 spiro atoms. The van der Waals surface area contributed by atoms with Crippen LogP contribution in [0.15, 0.2) is 65.5 Å². The summed E-state index contributed by atoms with van der Waals surface area (Å²) in [5.74, 6) is 1.73. The molecule has 2 aliphatic heterocycles. The molecule has 2 aliphatic carbocycles. The van der Waals surface area contributed by atoms with Crippen molar-refractivity contribution >= 4 is 11.3 Å². The molecule has 5 rings (SSSR count). The van der Waals surface area contributed by atoms with Crippen LogP contribution in [-0.4, -0.2) is 63.6 Å². The minimum atomic E-state index is -0.236. The average Bonchev–Trinajstić information content (AvgIpc) is 3.12. The predicted octanol–water partition coefficient (Wildman–Crippen LogP) is 6.71. The Morgan fingerprint density at radius 3 is 2.68 bits per heavy atom. The van der Waals surface area contributed by atoms with Crippen molar-refractivity contribution in [2.75, 3.05) is 57.5 Å². The minimum Gasteiger partial charge on any atom is -0.493 e. The maximum atomic E-state index is 12.5. The van der Waals surface area contributed by atoms with E-state index in [2.05, 4.69) is 65.3 Å². The maximum Gasteiger partial charge on any atom is 0.112 e. The Balaban J connectivity index is 1.34. The van der Waals surface area contributed by atoms with Crippen LogP contribution in [0.5, 0.6) is 0 Å². The third-order valence-electron chi connectivity index (χ3n) is 8.20. The number of benzene rings is 1. The Bertz CT molecular complexity index is 1020. The Kier molecular flexibility index (Phi) is 9.17. The molecule has 0 saturated carbocycles. The van der Waals surface area contributed by atoms with Gasteiger partial charge in [-0.15, -0.1) is 0 Å². The van der Waals surface area contributed by atoms with Gasteiger partial charge in [-0.05, 0) is 78.5 Å². The van der Waals surface area contributed by atoms with E-state index in [-0.39, 0.29) is 12.8 Å². The first-order valence-corrected chi connectivity index (χ1v) is 14.4. The van der Waals surface area contributed by atoms with Gasteiger partial charge in [-0.2, -0.15) is 0 Å². The molecule has 0 bridgehead atoms. The van der Waals surface area contributed by atoms with Crippen molar-refractivity contribution < 1.29 is 13.9 Å². The number of rotatable bonds is 8. The fourth-order valence-electron chi connectivity index (χ4n) is 6.15. The zero-order valence-corrected chi connectivity index (χ0v) is 22.5. The first-order valence-electron chi connectivity index (χ1n) is 14.4. The summed E-state index contributed by atoms with van der Waals surface area (Å²) in [5, 5.41) is 0. The predicted molar refractivity (Wildman–Crippen MR) is 150 cm³/mol. The second kappa shape index (κ2) is 12.9. The zero-order chi connectivity index (χ0) is 25.5. The average molecular weight is 507 g/mol. The van der Waals surface area contributed by atoms with Gasteiger partial charge in [-0.25, -0.2) is 0 Å². The smallest absolute Gasteiger partial charge is 0.112 e. The summed E-state index contributed by atoms with van der Waals surface area (Å²) in [5.41, 5.74) is 6.99. The molecule has 0 radical (unpaired) electrons. The van der Waals surface area contributed by atoms with Crippen LogP contribution in [0.4, 0.5) is 10.1 Å². The molecule has 4 aliphatic rings. The molecule has 0 aromatic heterocycles. The van der Waals surface area contributed by atoms with Gasteiger partial charge in [0.25, 0.3) is 0 Å². The van der Waals surface area contributed by atoms with E-state index in [4.69, 9.17) is 9.47 Å². The number of halogens is 1. The third-order valence-corrected chi connectivity index (χ3v) is 8.20. The molecule has 0 N–H and O–H groups in total. The molecule has 2 saturated heterocycles. The summed E-state index contributed by atoms with van der Waals surface area (Å²) in [6.07, 6.45) is 16.5. The SMILES string of the molecule is CC1CCCC(c2ccc(N3CCOCC3)cc2)=C(C2=CC=C(O[C@H]3CCN(CCCF)C3)CC=C2)C1. The molecule has 5 heteroatoms. The number of morpholine rings is 1. The summed E-state index contributed by atoms with van der Waals surface area (Å²) in [4.78, 5) is 4.75. The molecule has 200 valence electrons. The lowest BCUT2D eigenvalue weighted by Crippen LogP contribution is -2.36. The van der Waals surface area contributed by atoms with E-state index in [1.54, 1.807) is 0 Å². The Morgan fingerprint density at radius 2 is 1.86 bits per heavy atom. The van der Waals surface area contributed by atoms with E-state index < -0.39 is 0 Å². The van der Waals surface area contributed by atoms with Crippen molar-refractivity contribution in [2.24, 2.45) is 5.92 Å². The molecular formula is C32H43FN2O2. The Hall–Kier alpha value is -2.37. The van der Waals surface area contributed by atoms with Gasteiger partial charge in [0.05, 0.1) is 19.9 Å². The Morgan fingerprint density at radius 1 is 1.03 bits per heavy atom. The molecular weight excluding hydrogens is 463 g/mol. The van der Waals surface area contributed by atoms with E-state index in [0.717, 1.165) is 77.4 Å². The van der Waals surface area contributed by atoms with E-state index in [0.29, 0.717) is 12.3 Å². The minimum absolute atomic E-state index is 0.215. The number of hydrogen-bond donors (Lipinski definition) is 0. The van der Waals surface area contributed by atoms with Gasteiger partial charge in [0.2, 0.25) is 0 Å². The van der Waals surface area contributed by atoms with Crippen molar-refractivity contribution in [1.29, 1.82) is 0 Å². The highest BCUT2D eigenvalue weighted by Crippen LogP contribution is 2.39. The molecule has 4 nitrogen and oxygen atoms in total. The van der Waals surface area contributed by atoms with Crippen LogP contribution >= 0.6 is 0 Å². The Labute approximate surface area is 222 Å². The number of anilines is 1. The van der Waals surface area contributed by atoms with Crippen LogP contribution in [-0.2, 0) is 9.47 Å². The number of alkyl halides is 1. The quantitative estimate of drug-likeness (QED) is 0.391. The van der Waals surface area contributed by atoms with Gasteiger partial charge in [-0.1, -0.05) is 43.7 Å². The van der Waals surface area contributed by atoms with Crippen LogP contribution in [0.2, 0.25) is 0 Å². The van der Waals surface area contributed by atoms with Crippen LogP contribution in [0.1, 0.15) is 57.4 Å². The molecule has 1 unspecified atom stereocenters. The van der Waals surface area contributed by atoms with Crippen LogP contribution < -0.4 is 4.90 Å². The first-order chi connectivity index (χ1) is 18.2. The fourth-order valence-corrected chi connectivity index (χ4v) is 6.15. The molecule has 2 atom stereocenters. The molecule has 0 amide bonds. The summed E-state index contributed by atoms with van der Waals surface area (Å²) in [6.45, 7) is 8.47. The number of likely N-dealkylation sites (tertiary alicyclic amines) is 1. The van der Waals surface area contributed by atoms with Gasteiger partial charge in [0, 0.05) is 44.8 Å². The van der Waals surface area contributed by atoms with Crippen molar-refractivity contribution in [3.8, 4) is 0 Å². The normalized spacial score (nSPS) is 25.5. The number of nitrogens with zero attached hydrogens (tertiary/aromatic N) is 2. The van der Waals surface area contributed by atoms with Gasteiger partial charge >= 0.3 is 0 Å². The zero-order valence-electron chi connectivity index (χ0n) is 22.5. The monoisotopic (exact) mass is 506 g/mol. The summed E-state index contributed by atoms with van der Waals surface area (Å²) >= 11 is 0. The van der Waals surface area contributed by atoms with Crippen molar-refractivity contribution in [3.63, 3.8) is 0 Å². The largest absolute Gasteiger partial charge is 0.493 e. The highest BCUT2D eigenvalue weighted by atomic mass is 19.1. The van der Waals surface area contributed by atoms with Gasteiger partial charge in [0.1, 0.15) is 11.9 Å². The van der Waals surface area contributed by atoms with Gasteiger partial charge < -0.3 is 14.4 Å². The second-order valence-corrected chi connectivity index (χ2v) is 11.0. The topological polar surface area (TPSA) is 24.9 Å². The third kappa shape index (κ3) is 6.94. The number of hydrogen-bond acceptors (Lipinski definition) is 4. The van der Waals surface area contributed by atoms with Crippen molar-refractivity contribution in [3.05, 3.63) is 71.0 Å². The van der Waals surface area contributed by atoms with Gasteiger partial charge in [0.15, 0.2) is 0 Å².